The molecule has 0 unspecified atom stereocenters. The SMILES string of the molecule is O=C(N/N=C\c1cc(Br)cc(Br)c1O)c1ccc(NC(=O)c2sc3ccccc3c2Cl)cc1. The number of halogens is 3. The van der Waals surface area contributed by atoms with Gasteiger partial charge in [0.15, 0.2) is 0 Å². The summed E-state index contributed by atoms with van der Waals surface area (Å²) in [4.78, 5) is 25.4. The summed E-state index contributed by atoms with van der Waals surface area (Å²) in [6.45, 7) is 0. The van der Waals surface area contributed by atoms with Crippen LogP contribution in [0.4, 0.5) is 5.69 Å². The van der Waals surface area contributed by atoms with E-state index in [1.54, 1.807) is 36.4 Å². The maximum Gasteiger partial charge on any atom is 0.271 e. The van der Waals surface area contributed by atoms with Crippen molar-refractivity contribution < 1.29 is 14.7 Å². The summed E-state index contributed by atoms with van der Waals surface area (Å²) < 4.78 is 2.18. The summed E-state index contributed by atoms with van der Waals surface area (Å²) in [7, 11) is 0. The van der Waals surface area contributed by atoms with Crippen LogP contribution in [-0.2, 0) is 0 Å². The molecule has 1 heterocycles. The van der Waals surface area contributed by atoms with Crippen molar-refractivity contribution in [1.82, 2.24) is 5.43 Å². The van der Waals surface area contributed by atoms with Gasteiger partial charge in [-0.05, 0) is 58.4 Å². The number of hydrogen-bond donors (Lipinski definition) is 3. The number of fused-ring (bicyclic) bond motifs is 1. The van der Waals surface area contributed by atoms with Crippen LogP contribution in [-0.4, -0.2) is 23.1 Å². The number of anilines is 1. The Kier molecular flexibility index (Phi) is 7.14. The van der Waals surface area contributed by atoms with E-state index in [1.165, 1.54) is 17.6 Å². The largest absolute Gasteiger partial charge is 0.506 e. The lowest BCUT2D eigenvalue weighted by Crippen LogP contribution is -2.17. The van der Waals surface area contributed by atoms with Gasteiger partial charge in [-0.3, -0.25) is 9.59 Å². The van der Waals surface area contributed by atoms with Crippen molar-refractivity contribution in [2.24, 2.45) is 5.10 Å². The molecule has 0 fully saturated rings. The minimum Gasteiger partial charge on any atom is -0.506 e. The first-order valence-electron chi connectivity index (χ1n) is 9.43. The molecule has 0 saturated carbocycles. The fourth-order valence-electron chi connectivity index (χ4n) is 2.96. The molecular formula is C23H14Br2ClN3O3S. The van der Waals surface area contributed by atoms with E-state index in [0.29, 0.717) is 31.2 Å². The third kappa shape index (κ3) is 5.27. The van der Waals surface area contributed by atoms with Gasteiger partial charge in [-0.15, -0.1) is 11.3 Å². The molecule has 0 spiro atoms. The number of amides is 2. The number of phenolic OH excluding ortho intramolecular Hbond substituents is 1. The Bertz CT molecular complexity index is 1400. The molecule has 1 aromatic heterocycles. The molecule has 2 amide bonds. The Hall–Kier alpha value is -2.72. The Balaban J connectivity index is 1.41. The zero-order valence-corrected chi connectivity index (χ0v) is 21.3. The number of carbonyl (C=O) groups is 2. The van der Waals surface area contributed by atoms with E-state index in [2.05, 4.69) is 47.7 Å². The van der Waals surface area contributed by atoms with Crippen molar-refractivity contribution in [3.05, 3.63) is 90.6 Å². The molecule has 4 aromatic rings. The lowest BCUT2D eigenvalue weighted by molar-refractivity contribution is 0.0954. The third-order valence-electron chi connectivity index (χ3n) is 4.57. The normalized spacial score (nSPS) is 11.1. The lowest BCUT2D eigenvalue weighted by Gasteiger charge is -2.06. The van der Waals surface area contributed by atoms with E-state index >= 15 is 0 Å². The smallest absolute Gasteiger partial charge is 0.271 e. The minimum atomic E-state index is -0.440. The zero-order chi connectivity index (χ0) is 23.5. The Labute approximate surface area is 214 Å². The van der Waals surface area contributed by atoms with Gasteiger partial charge in [-0.1, -0.05) is 45.7 Å². The first kappa shape index (κ1) is 23.4. The molecule has 3 aromatic carbocycles. The molecule has 3 N–H and O–H groups in total. The summed E-state index contributed by atoms with van der Waals surface area (Å²) in [5, 5.41) is 18.0. The Morgan fingerprint density at radius 1 is 1.03 bits per heavy atom. The van der Waals surface area contributed by atoms with Gasteiger partial charge in [0.2, 0.25) is 0 Å². The van der Waals surface area contributed by atoms with Gasteiger partial charge >= 0.3 is 0 Å². The second-order valence-corrected chi connectivity index (χ2v) is 10.00. The van der Waals surface area contributed by atoms with Gasteiger partial charge in [0.05, 0.1) is 15.7 Å². The number of nitrogens with zero attached hydrogens (tertiary/aromatic N) is 1. The number of phenols is 1. The van der Waals surface area contributed by atoms with Crippen molar-refractivity contribution in [3.63, 3.8) is 0 Å². The van der Waals surface area contributed by atoms with Crippen LogP contribution in [0.25, 0.3) is 10.1 Å². The molecule has 0 atom stereocenters. The van der Waals surface area contributed by atoms with Crippen LogP contribution in [0.2, 0.25) is 5.02 Å². The van der Waals surface area contributed by atoms with Crippen molar-refractivity contribution in [3.8, 4) is 5.75 Å². The molecule has 0 aliphatic rings. The number of rotatable bonds is 5. The van der Waals surface area contributed by atoms with Crippen LogP contribution < -0.4 is 10.7 Å². The van der Waals surface area contributed by atoms with E-state index < -0.39 is 5.91 Å². The predicted octanol–water partition coefficient (Wildman–Crippen LogP) is 6.80. The van der Waals surface area contributed by atoms with Gasteiger partial charge < -0.3 is 10.4 Å². The van der Waals surface area contributed by atoms with Gasteiger partial charge in [-0.2, -0.15) is 5.10 Å². The number of hydrogen-bond acceptors (Lipinski definition) is 5. The van der Waals surface area contributed by atoms with E-state index in [-0.39, 0.29) is 11.7 Å². The highest BCUT2D eigenvalue weighted by Crippen LogP contribution is 2.35. The van der Waals surface area contributed by atoms with Crippen LogP contribution in [0.5, 0.6) is 5.75 Å². The molecule has 0 radical (unpaired) electrons. The average Bonchev–Trinajstić information content (AvgIpc) is 3.14. The molecule has 4 rings (SSSR count). The molecule has 0 saturated heterocycles. The molecule has 0 aliphatic heterocycles. The molecule has 0 aliphatic carbocycles. The monoisotopic (exact) mass is 605 g/mol. The highest BCUT2D eigenvalue weighted by Gasteiger charge is 2.17. The molecule has 33 heavy (non-hydrogen) atoms. The zero-order valence-electron chi connectivity index (χ0n) is 16.6. The number of benzene rings is 3. The topological polar surface area (TPSA) is 90.8 Å². The third-order valence-corrected chi connectivity index (χ3v) is 7.31. The fraction of sp³-hybridized carbons (Fsp3) is 0. The van der Waals surface area contributed by atoms with E-state index in [0.717, 1.165) is 14.6 Å². The van der Waals surface area contributed by atoms with Crippen molar-refractivity contribution in [2.75, 3.05) is 5.32 Å². The number of aromatic hydroxyl groups is 1. The highest BCUT2D eigenvalue weighted by atomic mass is 79.9. The number of nitrogens with one attached hydrogen (secondary N) is 2. The van der Waals surface area contributed by atoms with Gasteiger partial charge in [-0.25, -0.2) is 5.43 Å². The van der Waals surface area contributed by atoms with E-state index in [4.69, 9.17) is 11.6 Å². The summed E-state index contributed by atoms with van der Waals surface area (Å²) >= 11 is 14.3. The first-order valence-corrected chi connectivity index (χ1v) is 12.2. The number of hydrazone groups is 1. The quantitative estimate of drug-likeness (QED) is 0.172. The minimum absolute atomic E-state index is 0.00929. The average molecular weight is 608 g/mol. The lowest BCUT2D eigenvalue weighted by atomic mass is 10.2. The van der Waals surface area contributed by atoms with Crippen molar-refractivity contribution in [2.45, 2.75) is 0 Å². The van der Waals surface area contributed by atoms with Crippen LogP contribution in [0.15, 0.2) is 74.7 Å². The van der Waals surface area contributed by atoms with E-state index in [1.807, 2.05) is 24.3 Å². The summed E-state index contributed by atoms with van der Waals surface area (Å²) in [6.07, 6.45) is 1.34. The van der Waals surface area contributed by atoms with Crippen LogP contribution in [0.1, 0.15) is 25.6 Å². The fourth-order valence-corrected chi connectivity index (χ4v) is 5.63. The first-order chi connectivity index (χ1) is 15.8. The highest BCUT2D eigenvalue weighted by molar-refractivity contribution is 9.11. The Morgan fingerprint density at radius 2 is 1.76 bits per heavy atom. The molecule has 10 heteroatoms. The second-order valence-electron chi connectivity index (χ2n) is 6.80. The van der Waals surface area contributed by atoms with Crippen LogP contribution in [0.3, 0.4) is 0 Å². The number of carbonyl (C=O) groups excluding carboxylic acids is 2. The Morgan fingerprint density at radius 3 is 2.48 bits per heavy atom. The molecule has 166 valence electrons. The standard InChI is InChI=1S/C23H14Br2ClN3O3S/c24-14-9-13(20(30)17(25)10-14)11-27-29-22(31)12-5-7-15(8-6-12)28-23(32)21-19(26)16-3-1-2-4-18(16)33-21/h1-11,30H,(H,28,32)(H,29,31)/b27-11-. The molecule has 6 nitrogen and oxygen atoms in total. The molecule has 0 bridgehead atoms. The summed E-state index contributed by atoms with van der Waals surface area (Å²) in [6, 6.07) is 17.3. The van der Waals surface area contributed by atoms with Gasteiger partial charge in [0, 0.05) is 31.4 Å². The van der Waals surface area contributed by atoms with Crippen LogP contribution >= 0.6 is 54.8 Å². The van der Waals surface area contributed by atoms with Gasteiger partial charge in [0.25, 0.3) is 11.8 Å². The summed E-state index contributed by atoms with van der Waals surface area (Å²) in [5.74, 6) is -0.747. The maximum absolute atomic E-state index is 12.7. The maximum atomic E-state index is 12.7. The van der Waals surface area contributed by atoms with Crippen LogP contribution in [0, 0.1) is 0 Å². The predicted molar refractivity (Wildman–Crippen MR) is 140 cm³/mol. The van der Waals surface area contributed by atoms with Gasteiger partial charge in [0.1, 0.15) is 10.6 Å². The molecular weight excluding hydrogens is 594 g/mol. The summed E-state index contributed by atoms with van der Waals surface area (Å²) in [5.41, 5.74) is 3.71. The number of thiophene rings is 1. The second kappa shape index (κ2) is 10.0. The van der Waals surface area contributed by atoms with E-state index in [9.17, 15) is 14.7 Å². The van der Waals surface area contributed by atoms with Crippen molar-refractivity contribution >= 4 is 88.6 Å². The van der Waals surface area contributed by atoms with Crippen molar-refractivity contribution in [1.29, 1.82) is 0 Å².